The molecular formula is C21H21AsClN3O. The third-order valence-electron chi connectivity index (χ3n) is 4.91. The van der Waals surface area contributed by atoms with E-state index in [1.165, 1.54) is 22.4 Å². The van der Waals surface area contributed by atoms with Gasteiger partial charge in [-0.25, -0.2) is 0 Å². The summed E-state index contributed by atoms with van der Waals surface area (Å²) in [7, 11) is 0. The van der Waals surface area contributed by atoms with Gasteiger partial charge in [0.1, 0.15) is 0 Å². The van der Waals surface area contributed by atoms with Crippen molar-refractivity contribution in [3.05, 3.63) is 47.9 Å². The summed E-state index contributed by atoms with van der Waals surface area (Å²) in [6.07, 6.45) is 6.21. The number of rotatable bonds is 6. The van der Waals surface area contributed by atoms with Gasteiger partial charge >= 0.3 is 161 Å². The van der Waals surface area contributed by atoms with Crippen LogP contribution in [0, 0.1) is 0 Å². The fraction of sp³-hybridized carbons (Fsp3) is 0.286. The molecular weight excluding hydrogens is 421 g/mol. The normalized spacial score (nSPS) is 13.8. The van der Waals surface area contributed by atoms with Gasteiger partial charge in [-0.1, -0.05) is 0 Å². The molecule has 0 N–H and O–H groups in total. The van der Waals surface area contributed by atoms with Gasteiger partial charge < -0.3 is 0 Å². The van der Waals surface area contributed by atoms with E-state index in [2.05, 4.69) is 56.0 Å². The van der Waals surface area contributed by atoms with E-state index >= 15 is 0 Å². The maximum absolute atomic E-state index is 5.73. The molecule has 0 saturated carbocycles. The summed E-state index contributed by atoms with van der Waals surface area (Å²) >= 11 is 7.80. The molecule has 4 nitrogen and oxygen atoms in total. The van der Waals surface area contributed by atoms with Crippen molar-refractivity contribution in [2.75, 3.05) is 12.5 Å². The van der Waals surface area contributed by atoms with E-state index in [0.717, 1.165) is 41.7 Å². The second-order valence-corrected chi connectivity index (χ2v) is 7.44. The van der Waals surface area contributed by atoms with Crippen molar-refractivity contribution in [2.24, 2.45) is 0 Å². The van der Waals surface area contributed by atoms with Gasteiger partial charge in [0.25, 0.3) is 0 Å². The van der Waals surface area contributed by atoms with Crippen molar-refractivity contribution in [3.8, 4) is 16.9 Å². The fourth-order valence-electron chi connectivity index (χ4n) is 3.70. The van der Waals surface area contributed by atoms with Crippen LogP contribution in [0.3, 0.4) is 0 Å². The predicted octanol–water partition coefficient (Wildman–Crippen LogP) is 3.77. The third kappa shape index (κ3) is 3.37. The first-order chi connectivity index (χ1) is 13.3. The van der Waals surface area contributed by atoms with E-state index < -0.39 is 0 Å². The number of aromatic nitrogens is 3. The van der Waals surface area contributed by atoms with Gasteiger partial charge in [0.2, 0.25) is 0 Å². The average molecular weight is 442 g/mol. The van der Waals surface area contributed by atoms with Gasteiger partial charge in [0.05, 0.1) is 0 Å². The molecule has 0 amide bonds. The molecule has 27 heavy (non-hydrogen) atoms. The molecule has 2 aromatic heterocycles. The van der Waals surface area contributed by atoms with Crippen LogP contribution in [0.25, 0.3) is 27.6 Å². The number of allylic oxidation sites excluding steroid dienone is 2. The summed E-state index contributed by atoms with van der Waals surface area (Å²) in [4.78, 5) is 6.69. The van der Waals surface area contributed by atoms with Crippen molar-refractivity contribution < 1.29 is 4.74 Å². The molecule has 138 valence electrons. The third-order valence-corrected chi connectivity index (χ3v) is 5.72. The fourth-order valence-corrected chi connectivity index (χ4v) is 4.41. The van der Waals surface area contributed by atoms with Crippen LogP contribution in [0.1, 0.15) is 24.7 Å². The minimum atomic E-state index is 0.469. The Kier molecular flexibility index (Phi) is 5.47. The number of benzene rings is 1. The molecule has 3 aromatic rings. The summed E-state index contributed by atoms with van der Waals surface area (Å²) in [5, 5.41) is 6.05. The van der Waals surface area contributed by atoms with Crippen LogP contribution in [-0.2, 0) is 13.0 Å². The van der Waals surface area contributed by atoms with Crippen LogP contribution in [0.2, 0.25) is 0 Å². The predicted molar refractivity (Wildman–Crippen MR) is 114 cm³/mol. The number of pyridine rings is 1. The van der Waals surface area contributed by atoms with E-state index in [-0.39, 0.29) is 0 Å². The Labute approximate surface area is 172 Å². The van der Waals surface area contributed by atoms with E-state index in [9.17, 15) is 0 Å². The van der Waals surface area contributed by atoms with Crippen molar-refractivity contribution in [1.82, 2.24) is 14.8 Å². The number of aryl methyl sites for hydroxylation is 1. The van der Waals surface area contributed by atoms with Crippen molar-refractivity contribution in [1.29, 1.82) is 0 Å². The topological polar surface area (TPSA) is 39.9 Å². The van der Waals surface area contributed by atoms with E-state index in [4.69, 9.17) is 21.4 Å². The number of hydrogen-bond acceptors (Lipinski definition) is 3. The quantitative estimate of drug-likeness (QED) is 0.432. The van der Waals surface area contributed by atoms with Crippen LogP contribution in [0.5, 0.6) is 5.75 Å². The average Bonchev–Trinajstić information content (AvgIpc) is 3.28. The second-order valence-electron chi connectivity index (χ2n) is 6.46. The molecule has 4 rings (SSSR count). The number of hydrogen-bond donors (Lipinski definition) is 0. The monoisotopic (exact) mass is 441 g/mol. The Bertz CT molecular complexity index is 1040. The van der Waals surface area contributed by atoms with Gasteiger partial charge in [0.15, 0.2) is 0 Å². The van der Waals surface area contributed by atoms with E-state index in [1.807, 2.05) is 18.3 Å². The Morgan fingerprint density at radius 2 is 2.26 bits per heavy atom. The molecule has 0 saturated heterocycles. The summed E-state index contributed by atoms with van der Waals surface area (Å²) in [6, 6.07) is 8.17. The minimum absolute atomic E-state index is 0.469. The summed E-state index contributed by atoms with van der Waals surface area (Å²) in [5.41, 5.74) is 6.89. The Morgan fingerprint density at radius 3 is 3.04 bits per heavy atom. The van der Waals surface area contributed by atoms with Gasteiger partial charge in [-0.3, -0.25) is 0 Å². The zero-order valence-corrected chi connectivity index (χ0v) is 18.1. The van der Waals surface area contributed by atoms with Crippen LogP contribution in [0.15, 0.2) is 36.5 Å². The molecule has 6 heteroatoms. The van der Waals surface area contributed by atoms with Crippen LogP contribution in [-0.4, -0.2) is 48.5 Å². The van der Waals surface area contributed by atoms with Crippen molar-refractivity contribution >= 4 is 49.3 Å². The molecule has 0 radical (unpaired) electrons. The van der Waals surface area contributed by atoms with Crippen molar-refractivity contribution in [2.45, 2.75) is 26.3 Å². The SMILES string of the molecule is C/C=C(\C=[AsH])c1nn2c(c1-c1ccnc3cc(OCCCl)ccc13)CCC2. The number of nitrogens with zero attached hydrogens (tertiary/aromatic N) is 3. The summed E-state index contributed by atoms with van der Waals surface area (Å²) < 4.78 is 7.83. The first kappa shape index (κ1) is 18.5. The molecule has 3 heterocycles. The van der Waals surface area contributed by atoms with E-state index in [0.29, 0.717) is 12.5 Å². The van der Waals surface area contributed by atoms with Crippen LogP contribution < -0.4 is 4.74 Å². The Balaban J connectivity index is 1.91. The van der Waals surface area contributed by atoms with Crippen LogP contribution >= 0.6 is 11.6 Å². The number of fused-ring (bicyclic) bond motifs is 2. The number of halogens is 1. The molecule has 0 bridgehead atoms. The van der Waals surface area contributed by atoms with Gasteiger partial charge in [-0.15, -0.1) is 11.6 Å². The molecule has 1 aliphatic rings. The van der Waals surface area contributed by atoms with Crippen LogP contribution in [0.4, 0.5) is 0 Å². The zero-order chi connectivity index (χ0) is 18.8. The molecule has 1 aromatic carbocycles. The van der Waals surface area contributed by atoms with Gasteiger partial charge in [-0.2, -0.15) is 0 Å². The second kappa shape index (κ2) is 8.00. The number of alkyl halides is 1. The standard InChI is InChI=1S/C21H21AsClN3O/c1-2-14(13-22)21-20(19-4-3-10-26(19)25-21)17-7-9-24-18-12-15(27-11-8-23)5-6-16(17)18/h2,5-7,9,12-13,22H,3-4,8,10-11H2,1H3/b14-2+. The molecule has 0 atom stereocenters. The summed E-state index contributed by atoms with van der Waals surface area (Å²) in [6.45, 7) is 3.54. The first-order valence-electron chi connectivity index (χ1n) is 9.11. The summed E-state index contributed by atoms with van der Waals surface area (Å²) in [5.74, 6) is 1.26. The molecule has 1 aliphatic heterocycles. The Hall–Kier alpha value is -1.90. The maximum atomic E-state index is 5.73. The van der Waals surface area contributed by atoms with Gasteiger partial charge in [-0.05, 0) is 0 Å². The van der Waals surface area contributed by atoms with Gasteiger partial charge in [0, 0.05) is 0 Å². The first-order valence-corrected chi connectivity index (χ1v) is 10.9. The van der Waals surface area contributed by atoms with E-state index in [1.54, 1.807) is 0 Å². The van der Waals surface area contributed by atoms with Crippen molar-refractivity contribution in [3.63, 3.8) is 0 Å². The zero-order valence-electron chi connectivity index (χ0n) is 15.2. The molecule has 0 fully saturated rings. The number of ether oxygens (including phenoxy) is 1. The molecule has 0 spiro atoms. The Morgan fingerprint density at radius 1 is 1.37 bits per heavy atom. The molecule has 0 unspecified atom stereocenters. The molecule has 0 aliphatic carbocycles.